The van der Waals surface area contributed by atoms with E-state index in [1.807, 2.05) is 16.7 Å². The quantitative estimate of drug-likeness (QED) is 0.654. The summed E-state index contributed by atoms with van der Waals surface area (Å²) in [5.41, 5.74) is 0. The summed E-state index contributed by atoms with van der Waals surface area (Å²) in [6, 6.07) is 0.143. The maximum Gasteiger partial charge on any atom is 0.252 e. The summed E-state index contributed by atoms with van der Waals surface area (Å²) in [5, 5.41) is -0.193. The number of carbonyl (C=O) groups is 2. The molecule has 0 bridgehead atoms. The van der Waals surface area contributed by atoms with Gasteiger partial charge < -0.3 is 14.5 Å². The van der Waals surface area contributed by atoms with Gasteiger partial charge in [-0.05, 0) is 76.5 Å². The Hall–Kier alpha value is -1.15. The predicted molar refractivity (Wildman–Crippen MR) is 118 cm³/mol. The van der Waals surface area contributed by atoms with E-state index in [-0.39, 0.29) is 41.3 Å². The third kappa shape index (κ3) is 4.65. The molecule has 0 aromatic heterocycles. The molecule has 0 aromatic rings. The molecule has 2 saturated heterocycles. The van der Waals surface area contributed by atoms with Crippen molar-refractivity contribution in [1.29, 1.82) is 0 Å². The molecule has 2 aliphatic carbocycles. The van der Waals surface area contributed by atoms with Crippen LogP contribution >= 0.6 is 0 Å². The standard InChI is InChI=1S/C23H38N2O5S/c1-15-14-24(23(27)22-5-4-12-30-22)21-13-18(8-11-20(21)25(15)16(2)26)17-6-9-19(10-7-17)31(3,28)29/h15,17-22H,4-14H2,1-3H3/t15-,17?,18?,19?,20?,21?,22?/m0/s1. The van der Waals surface area contributed by atoms with Crippen LogP contribution in [0.15, 0.2) is 0 Å². The Balaban J connectivity index is 1.50. The summed E-state index contributed by atoms with van der Waals surface area (Å²) in [5.74, 6) is 1.20. The van der Waals surface area contributed by atoms with Crippen LogP contribution in [0.2, 0.25) is 0 Å². The molecule has 0 N–H and O–H groups in total. The fraction of sp³-hybridized carbons (Fsp3) is 0.913. The smallest absolute Gasteiger partial charge is 0.252 e. The molecule has 4 aliphatic rings. The van der Waals surface area contributed by atoms with Gasteiger partial charge in [0.1, 0.15) is 15.9 Å². The summed E-state index contributed by atoms with van der Waals surface area (Å²) < 4.78 is 29.6. The van der Waals surface area contributed by atoms with Gasteiger partial charge in [0, 0.05) is 32.4 Å². The molecule has 2 heterocycles. The van der Waals surface area contributed by atoms with Crippen LogP contribution in [-0.4, -0.2) is 78.9 Å². The minimum absolute atomic E-state index is 0.0193. The minimum Gasteiger partial charge on any atom is -0.368 e. The number of sulfone groups is 1. The first-order valence-corrected chi connectivity index (χ1v) is 14.0. The number of hydrogen-bond donors (Lipinski definition) is 0. The van der Waals surface area contributed by atoms with Crippen LogP contribution in [0.25, 0.3) is 0 Å². The second-order valence-corrected chi connectivity index (χ2v) is 12.7. The molecule has 5 atom stereocenters. The first kappa shape index (κ1) is 23.0. The summed E-state index contributed by atoms with van der Waals surface area (Å²) in [7, 11) is -2.96. The van der Waals surface area contributed by atoms with E-state index in [0.717, 1.165) is 57.8 Å². The highest BCUT2D eigenvalue weighted by Crippen LogP contribution is 2.43. The van der Waals surface area contributed by atoms with E-state index >= 15 is 0 Å². The van der Waals surface area contributed by atoms with Crippen LogP contribution in [-0.2, 0) is 24.2 Å². The van der Waals surface area contributed by atoms with Crippen LogP contribution in [0, 0.1) is 11.8 Å². The van der Waals surface area contributed by atoms with Crippen molar-refractivity contribution in [2.45, 2.75) is 101 Å². The number of rotatable bonds is 3. The average Bonchev–Trinajstić information content (AvgIpc) is 3.26. The number of fused-ring (bicyclic) bond motifs is 1. The van der Waals surface area contributed by atoms with Crippen molar-refractivity contribution in [2.24, 2.45) is 11.8 Å². The molecule has 4 unspecified atom stereocenters. The monoisotopic (exact) mass is 454 g/mol. The van der Waals surface area contributed by atoms with Crippen molar-refractivity contribution in [2.75, 3.05) is 19.4 Å². The molecule has 2 amide bonds. The topological polar surface area (TPSA) is 84.0 Å². The van der Waals surface area contributed by atoms with Crippen molar-refractivity contribution in [3.63, 3.8) is 0 Å². The van der Waals surface area contributed by atoms with Gasteiger partial charge in [0.15, 0.2) is 0 Å². The van der Waals surface area contributed by atoms with E-state index in [1.54, 1.807) is 6.92 Å². The van der Waals surface area contributed by atoms with Crippen LogP contribution in [0.3, 0.4) is 0 Å². The van der Waals surface area contributed by atoms with Gasteiger partial charge in [-0.2, -0.15) is 0 Å². The number of ether oxygens (including phenoxy) is 1. The van der Waals surface area contributed by atoms with Crippen LogP contribution in [0.1, 0.15) is 71.6 Å². The van der Waals surface area contributed by atoms with Gasteiger partial charge in [0.2, 0.25) is 5.91 Å². The van der Waals surface area contributed by atoms with Gasteiger partial charge in [-0.1, -0.05) is 0 Å². The zero-order valence-electron chi connectivity index (χ0n) is 19.2. The van der Waals surface area contributed by atoms with Gasteiger partial charge in [-0.3, -0.25) is 9.59 Å². The molecule has 4 fully saturated rings. The molecular weight excluding hydrogens is 416 g/mol. The van der Waals surface area contributed by atoms with Crippen molar-refractivity contribution < 1.29 is 22.7 Å². The van der Waals surface area contributed by atoms with Crippen molar-refractivity contribution in [1.82, 2.24) is 9.80 Å². The Kier molecular flexibility index (Phi) is 6.69. The Morgan fingerprint density at radius 3 is 2.19 bits per heavy atom. The fourth-order valence-electron chi connectivity index (χ4n) is 6.83. The van der Waals surface area contributed by atoms with E-state index in [1.165, 1.54) is 6.26 Å². The van der Waals surface area contributed by atoms with Crippen molar-refractivity contribution in [3.8, 4) is 0 Å². The van der Waals surface area contributed by atoms with Crippen molar-refractivity contribution in [3.05, 3.63) is 0 Å². The Bertz CT molecular complexity index is 786. The normalized spacial score (nSPS) is 39.3. The molecule has 2 aliphatic heterocycles. The highest BCUT2D eigenvalue weighted by atomic mass is 32.2. The minimum atomic E-state index is -2.96. The largest absolute Gasteiger partial charge is 0.368 e. The first-order chi connectivity index (χ1) is 14.7. The Labute approximate surface area is 186 Å². The second-order valence-electron chi connectivity index (χ2n) is 10.3. The van der Waals surface area contributed by atoms with Gasteiger partial charge in [0.25, 0.3) is 5.91 Å². The first-order valence-electron chi connectivity index (χ1n) is 12.1. The number of piperazine rings is 1. The molecule has 0 radical (unpaired) electrons. The number of hydrogen-bond acceptors (Lipinski definition) is 5. The third-order valence-corrected chi connectivity index (χ3v) is 10.0. The van der Waals surface area contributed by atoms with E-state index in [0.29, 0.717) is 25.0 Å². The highest BCUT2D eigenvalue weighted by Gasteiger charge is 2.48. The fourth-order valence-corrected chi connectivity index (χ4v) is 7.96. The molecule has 7 nitrogen and oxygen atoms in total. The molecular formula is C23H38N2O5S. The molecule has 0 spiro atoms. The van der Waals surface area contributed by atoms with E-state index in [4.69, 9.17) is 4.74 Å². The second kappa shape index (κ2) is 9.00. The lowest BCUT2D eigenvalue weighted by Crippen LogP contribution is -2.68. The summed E-state index contributed by atoms with van der Waals surface area (Å²) in [4.78, 5) is 29.9. The molecule has 0 aromatic carbocycles. The lowest BCUT2D eigenvalue weighted by Gasteiger charge is -2.55. The van der Waals surface area contributed by atoms with Gasteiger partial charge in [-0.25, -0.2) is 8.42 Å². The van der Waals surface area contributed by atoms with E-state index in [2.05, 4.69) is 0 Å². The zero-order chi connectivity index (χ0) is 22.3. The number of carbonyl (C=O) groups excluding carboxylic acids is 2. The Morgan fingerprint density at radius 2 is 1.61 bits per heavy atom. The molecule has 2 saturated carbocycles. The predicted octanol–water partition coefficient (Wildman–Crippen LogP) is 2.39. The van der Waals surface area contributed by atoms with Crippen LogP contribution < -0.4 is 0 Å². The molecule has 31 heavy (non-hydrogen) atoms. The van der Waals surface area contributed by atoms with E-state index in [9.17, 15) is 18.0 Å². The number of amides is 2. The van der Waals surface area contributed by atoms with Gasteiger partial charge >= 0.3 is 0 Å². The summed E-state index contributed by atoms with van der Waals surface area (Å²) in [6.07, 6.45) is 9.03. The molecule has 176 valence electrons. The number of nitrogens with zero attached hydrogens (tertiary/aromatic N) is 2. The molecule has 8 heteroatoms. The van der Waals surface area contributed by atoms with Gasteiger partial charge in [0.05, 0.1) is 17.3 Å². The lowest BCUT2D eigenvalue weighted by molar-refractivity contribution is -0.160. The lowest BCUT2D eigenvalue weighted by atomic mass is 9.69. The van der Waals surface area contributed by atoms with Crippen LogP contribution in [0.5, 0.6) is 0 Å². The Morgan fingerprint density at radius 1 is 0.935 bits per heavy atom. The average molecular weight is 455 g/mol. The molecule has 4 rings (SSSR count). The summed E-state index contributed by atoms with van der Waals surface area (Å²) >= 11 is 0. The highest BCUT2D eigenvalue weighted by molar-refractivity contribution is 7.91. The maximum absolute atomic E-state index is 13.3. The van der Waals surface area contributed by atoms with Gasteiger partial charge in [-0.15, -0.1) is 0 Å². The van der Waals surface area contributed by atoms with E-state index < -0.39 is 9.84 Å². The zero-order valence-corrected chi connectivity index (χ0v) is 20.0. The van der Waals surface area contributed by atoms with Crippen molar-refractivity contribution >= 4 is 21.7 Å². The SMILES string of the molecule is CC(=O)N1C2CCC(C3CCC(S(C)(=O)=O)CC3)CC2N(C(=O)C2CCCO2)C[C@@H]1C. The maximum atomic E-state index is 13.3. The third-order valence-electron chi connectivity index (χ3n) is 8.36. The summed E-state index contributed by atoms with van der Waals surface area (Å²) in [6.45, 7) is 4.92. The van der Waals surface area contributed by atoms with Crippen LogP contribution in [0.4, 0.5) is 0 Å².